The molecule has 0 fully saturated rings. The Labute approximate surface area is 250 Å². The van der Waals surface area contributed by atoms with Gasteiger partial charge in [-0.2, -0.15) is 10.2 Å². The molecule has 0 bridgehead atoms. The fourth-order valence-corrected chi connectivity index (χ4v) is 5.21. The Morgan fingerprint density at radius 3 is 1.62 bits per heavy atom. The van der Waals surface area contributed by atoms with Gasteiger partial charge in [-0.05, 0) is 73.7 Å². The van der Waals surface area contributed by atoms with E-state index in [2.05, 4.69) is 61.4 Å². The second-order valence-electron chi connectivity index (χ2n) is 9.85. The van der Waals surface area contributed by atoms with Crippen LogP contribution in [0.25, 0.3) is 45.0 Å². The average Bonchev–Trinajstić information content (AvgIpc) is 3.83. The average molecular weight is 621 g/mol. The van der Waals surface area contributed by atoms with E-state index in [4.69, 9.17) is 18.9 Å². The van der Waals surface area contributed by atoms with Crippen molar-refractivity contribution in [1.29, 1.82) is 0 Å². The lowest BCUT2D eigenvalue weighted by molar-refractivity contribution is 0.173. The summed E-state index contributed by atoms with van der Waals surface area (Å²) >= 11 is 3.48. The minimum atomic E-state index is 0.283. The van der Waals surface area contributed by atoms with Gasteiger partial charge in [0.25, 0.3) is 0 Å². The van der Waals surface area contributed by atoms with Gasteiger partial charge in [0, 0.05) is 26.7 Å². The molecule has 8 rings (SSSR count). The minimum Gasteiger partial charge on any atom is -0.454 e. The van der Waals surface area contributed by atoms with Gasteiger partial charge in [0.2, 0.25) is 13.6 Å². The lowest BCUT2D eigenvalue weighted by Gasteiger charge is -2.00. The topological polar surface area (TPSA) is 94.3 Å². The summed E-state index contributed by atoms with van der Waals surface area (Å²) < 4.78 is 22.5. The standard InChI is InChI=1S/C17H14N2O2.C16H11BrN2O2/c1-11-3-2-4-12(7-11)14-9-15(19-18-14)13-5-6-16-17(8-13)21-10-20-16;17-12-3-1-2-10(6-12)13-8-14(19-18-13)11-4-5-15-16(7-11)21-9-20-15/h2-9H,10H2,1H3,(H,18,19);1-8H,9H2,(H,18,19). The number of aromatic nitrogens is 4. The zero-order valence-corrected chi connectivity index (χ0v) is 24.1. The second kappa shape index (κ2) is 11.1. The normalized spacial score (nSPS) is 12.6. The fraction of sp³-hybridized carbons (Fsp3) is 0.0909. The number of ether oxygens (including phenoxy) is 4. The molecule has 4 heterocycles. The maximum Gasteiger partial charge on any atom is 0.231 e. The Morgan fingerprint density at radius 1 is 0.548 bits per heavy atom. The monoisotopic (exact) mass is 620 g/mol. The van der Waals surface area contributed by atoms with Gasteiger partial charge in [-0.15, -0.1) is 0 Å². The third kappa shape index (κ3) is 5.34. The number of rotatable bonds is 4. The van der Waals surface area contributed by atoms with Crippen LogP contribution in [-0.4, -0.2) is 34.0 Å². The van der Waals surface area contributed by atoms with E-state index in [9.17, 15) is 0 Å². The highest BCUT2D eigenvalue weighted by Gasteiger charge is 2.16. The summed E-state index contributed by atoms with van der Waals surface area (Å²) in [7, 11) is 0. The van der Waals surface area contributed by atoms with Crippen LogP contribution in [0.4, 0.5) is 0 Å². The number of nitrogens with one attached hydrogen (secondary N) is 2. The van der Waals surface area contributed by atoms with Gasteiger partial charge < -0.3 is 18.9 Å². The van der Waals surface area contributed by atoms with Crippen molar-refractivity contribution in [3.63, 3.8) is 0 Å². The van der Waals surface area contributed by atoms with E-state index in [0.717, 1.165) is 72.5 Å². The molecule has 208 valence electrons. The van der Waals surface area contributed by atoms with E-state index < -0.39 is 0 Å². The number of aryl methyl sites for hydroxylation is 1. The van der Waals surface area contributed by atoms with Gasteiger partial charge in [-0.25, -0.2) is 0 Å². The zero-order chi connectivity index (χ0) is 28.5. The molecule has 2 aliphatic heterocycles. The molecule has 0 saturated carbocycles. The summed E-state index contributed by atoms with van der Waals surface area (Å²) in [4.78, 5) is 0. The van der Waals surface area contributed by atoms with Gasteiger partial charge in [0.1, 0.15) is 0 Å². The first kappa shape index (κ1) is 25.9. The fourth-order valence-electron chi connectivity index (χ4n) is 4.82. The van der Waals surface area contributed by atoms with Crippen molar-refractivity contribution in [2.24, 2.45) is 0 Å². The first-order chi connectivity index (χ1) is 20.6. The van der Waals surface area contributed by atoms with Gasteiger partial charge in [-0.3, -0.25) is 10.2 Å². The highest BCUT2D eigenvalue weighted by molar-refractivity contribution is 9.10. The Bertz CT molecular complexity index is 1760. The number of nitrogens with zero attached hydrogens (tertiary/aromatic N) is 2. The Balaban J connectivity index is 0.000000137. The van der Waals surface area contributed by atoms with Crippen LogP contribution >= 0.6 is 15.9 Å². The van der Waals surface area contributed by atoms with Crippen LogP contribution in [0.15, 0.2) is 102 Å². The summed E-state index contributed by atoms with van der Waals surface area (Å²) in [6, 6.07) is 32.2. The predicted molar refractivity (Wildman–Crippen MR) is 164 cm³/mol. The first-order valence-corrected chi connectivity index (χ1v) is 14.1. The van der Waals surface area contributed by atoms with E-state index in [1.807, 2.05) is 78.9 Å². The zero-order valence-electron chi connectivity index (χ0n) is 22.6. The molecule has 2 N–H and O–H groups in total. The molecule has 0 atom stereocenters. The van der Waals surface area contributed by atoms with Crippen molar-refractivity contribution in [3.05, 3.63) is 107 Å². The highest BCUT2D eigenvalue weighted by Crippen LogP contribution is 2.37. The Hall–Kier alpha value is -5.02. The Morgan fingerprint density at radius 2 is 1.07 bits per heavy atom. The van der Waals surface area contributed by atoms with Crippen LogP contribution in [-0.2, 0) is 0 Å². The predicted octanol–water partition coefficient (Wildman–Crippen LogP) is 8.02. The first-order valence-electron chi connectivity index (χ1n) is 13.3. The number of hydrogen-bond acceptors (Lipinski definition) is 6. The quantitative estimate of drug-likeness (QED) is 0.207. The molecule has 6 aromatic rings. The second-order valence-corrected chi connectivity index (χ2v) is 10.8. The van der Waals surface area contributed by atoms with Crippen molar-refractivity contribution < 1.29 is 18.9 Å². The van der Waals surface area contributed by atoms with Crippen LogP contribution in [0, 0.1) is 6.92 Å². The number of hydrogen-bond donors (Lipinski definition) is 2. The third-order valence-electron chi connectivity index (χ3n) is 6.96. The molecule has 9 heteroatoms. The lowest BCUT2D eigenvalue weighted by atomic mass is 10.1. The summed E-state index contributed by atoms with van der Waals surface area (Å²) in [5.74, 6) is 3.12. The van der Waals surface area contributed by atoms with E-state index in [1.54, 1.807) is 0 Å². The van der Waals surface area contributed by atoms with E-state index >= 15 is 0 Å². The van der Waals surface area contributed by atoms with Crippen LogP contribution in [0.3, 0.4) is 0 Å². The number of aromatic amines is 2. The van der Waals surface area contributed by atoms with Crippen LogP contribution < -0.4 is 18.9 Å². The third-order valence-corrected chi connectivity index (χ3v) is 7.45. The van der Waals surface area contributed by atoms with Gasteiger partial charge >= 0.3 is 0 Å². The van der Waals surface area contributed by atoms with E-state index in [1.165, 1.54) is 5.56 Å². The molecule has 2 aliphatic rings. The number of H-pyrrole nitrogens is 2. The summed E-state index contributed by atoms with van der Waals surface area (Å²) in [5, 5.41) is 14.9. The molecule has 0 radical (unpaired) electrons. The maximum absolute atomic E-state index is 5.41. The smallest absolute Gasteiger partial charge is 0.231 e. The van der Waals surface area contributed by atoms with Gasteiger partial charge in [-0.1, -0.05) is 51.8 Å². The molecule has 0 spiro atoms. The van der Waals surface area contributed by atoms with Gasteiger partial charge in [0.05, 0.1) is 22.8 Å². The molecule has 42 heavy (non-hydrogen) atoms. The lowest BCUT2D eigenvalue weighted by Crippen LogP contribution is -1.92. The van der Waals surface area contributed by atoms with E-state index in [0.29, 0.717) is 0 Å². The highest BCUT2D eigenvalue weighted by atomic mass is 79.9. The van der Waals surface area contributed by atoms with Gasteiger partial charge in [0.15, 0.2) is 23.0 Å². The van der Waals surface area contributed by atoms with Crippen LogP contribution in [0.5, 0.6) is 23.0 Å². The summed E-state index contributed by atoms with van der Waals surface area (Å²) in [5.41, 5.74) is 9.20. The molecule has 0 unspecified atom stereocenters. The number of benzene rings is 4. The van der Waals surface area contributed by atoms with Crippen LogP contribution in [0.2, 0.25) is 0 Å². The molecular formula is C33H25BrN4O4. The molecule has 2 aromatic heterocycles. The summed E-state index contributed by atoms with van der Waals surface area (Å²) in [6.45, 7) is 2.65. The van der Waals surface area contributed by atoms with Crippen molar-refractivity contribution in [3.8, 4) is 68.0 Å². The SMILES string of the molecule is Brc1cccc(-c2cc(-c3ccc4c(c3)OCO4)[nH]n2)c1.Cc1cccc(-c2cc(-c3ccc4c(c3)OCO4)[nH]n2)c1. The maximum atomic E-state index is 5.41. The minimum absolute atomic E-state index is 0.283. The number of fused-ring (bicyclic) bond motifs is 2. The van der Waals surface area contributed by atoms with Crippen LogP contribution in [0.1, 0.15) is 5.56 Å². The molecule has 0 aliphatic carbocycles. The molecule has 8 nitrogen and oxygen atoms in total. The Kier molecular flexibility index (Phi) is 6.85. The molecule has 0 saturated heterocycles. The summed E-state index contributed by atoms with van der Waals surface area (Å²) in [6.07, 6.45) is 0. The molecule has 4 aromatic carbocycles. The molecular weight excluding hydrogens is 596 g/mol. The van der Waals surface area contributed by atoms with Crippen molar-refractivity contribution in [2.45, 2.75) is 6.92 Å². The largest absolute Gasteiger partial charge is 0.454 e. The molecule has 0 amide bonds. The number of halogens is 1. The van der Waals surface area contributed by atoms with Crippen molar-refractivity contribution >= 4 is 15.9 Å². The van der Waals surface area contributed by atoms with Crippen molar-refractivity contribution in [1.82, 2.24) is 20.4 Å². The van der Waals surface area contributed by atoms with Crippen molar-refractivity contribution in [2.75, 3.05) is 13.6 Å². The van der Waals surface area contributed by atoms with E-state index in [-0.39, 0.29) is 13.6 Å².